The lowest BCUT2D eigenvalue weighted by Crippen LogP contribution is -2.45. The minimum absolute atomic E-state index is 0.000407. The lowest BCUT2D eigenvalue weighted by Gasteiger charge is -2.34. The fourth-order valence-corrected chi connectivity index (χ4v) is 4.52. The standard InChI is InChI=1S/C24H37N3O4.CH2O2/c1-4-30-22-11-13-27(14-12-22)24(29)19-7-8-20(16-26(3)15-19)25-23(28)17-31-21-9-5-18(2)6-10-21;2-1-3/h5-6,9-10,19-20,22H,4,7-8,11-17H2,1-3H3,(H,25,28);1H,(H,2,3)/t19-,20+;/m1./s1. The van der Waals surface area contributed by atoms with E-state index in [1.807, 2.05) is 50.1 Å². The molecule has 2 aliphatic heterocycles. The Morgan fingerprint density at radius 1 is 1.12 bits per heavy atom. The highest BCUT2D eigenvalue weighted by Crippen LogP contribution is 2.22. The molecule has 0 saturated carbocycles. The molecule has 3 rings (SSSR count). The summed E-state index contributed by atoms with van der Waals surface area (Å²) in [6.45, 7) is 7.54. The summed E-state index contributed by atoms with van der Waals surface area (Å²) in [5, 5.41) is 9.97. The van der Waals surface area contributed by atoms with Crippen LogP contribution in [0.5, 0.6) is 5.75 Å². The smallest absolute Gasteiger partial charge is 0.290 e. The van der Waals surface area contributed by atoms with Crippen molar-refractivity contribution >= 4 is 18.3 Å². The van der Waals surface area contributed by atoms with Crippen molar-refractivity contribution in [3.8, 4) is 5.75 Å². The molecule has 0 bridgehead atoms. The van der Waals surface area contributed by atoms with E-state index in [1.54, 1.807) is 0 Å². The number of carbonyl (C=O) groups excluding carboxylic acids is 2. The Morgan fingerprint density at radius 3 is 2.38 bits per heavy atom. The second-order valence-corrected chi connectivity index (χ2v) is 8.95. The minimum Gasteiger partial charge on any atom is -0.484 e. The van der Waals surface area contributed by atoms with Crippen LogP contribution < -0.4 is 10.1 Å². The maximum atomic E-state index is 13.1. The van der Waals surface area contributed by atoms with Crippen molar-refractivity contribution in [2.75, 3.05) is 46.4 Å². The number of carbonyl (C=O) groups is 3. The Labute approximate surface area is 202 Å². The van der Waals surface area contributed by atoms with Gasteiger partial charge in [-0.15, -0.1) is 0 Å². The van der Waals surface area contributed by atoms with Crippen LogP contribution in [0, 0.1) is 12.8 Å². The SMILES string of the molecule is CCOC1CCN(C(=O)[C@@H]2CC[C@H](NC(=O)COc3ccc(C)cc3)CN(C)C2)CC1.O=CO. The van der Waals surface area contributed by atoms with Gasteiger partial charge in [-0.3, -0.25) is 14.4 Å². The van der Waals surface area contributed by atoms with Gasteiger partial charge in [0.05, 0.1) is 12.0 Å². The second kappa shape index (κ2) is 14.6. The largest absolute Gasteiger partial charge is 0.484 e. The highest BCUT2D eigenvalue weighted by atomic mass is 16.5. The van der Waals surface area contributed by atoms with Gasteiger partial charge in [-0.1, -0.05) is 17.7 Å². The third kappa shape index (κ3) is 9.30. The first-order chi connectivity index (χ1) is 16.4. The van der Waals surface area contributed by atoms with E-state index in [9.17, 15) is 9.59 Å². The molecular weight excluding hydrogens is 438 g/mol. The van der Waals surface area contributed by atoms with Gasteiger partial charge in [0, 0.05) is 38.8 Å². The molecule has 1 aromatic rings. The number of nitrogens with zero attached hydrogens (tertiary/aromatic N) is 2. The third-order valence-electron chi connectivity index (χ3n) is 6.19. The quantitative estimate of drug-likeness (QED) is 0.578. The first-order valence-corrected chi connectivity index (χ1v) is 12.0. The fraction of sp³-hybridized carbons (Fsp3) is 0.640. The van der Waals surface area contributed by atoms with Crippen molar-refractivity contribution in [3.63, 3.8) is 0 Å². The lowest BCUT2D eigenvalue weighted by molar-refractivity contribution is -0.138. The molecule has 2 fully saturated rings. The Hall–Kier alpha value is -2.65. The van der Waals surface area contributed by atoms with E-state index in [2.05, 4.69) is 10.2 Å². The topological polar surface area (TPSA) is 108 Å². The van der Waals surface area contributed by atoms with E-state index in [-0.39, 0.29) is 43.0 Å². The van der Waals surface area contributed by atoms with E-state index < -0.39 is 0 Å². The minimum atomic E-state index is -0.250. The molecule has 9 heteroatoms. The van der Waals surface area contributed by atoms with Gasteiger partial charge in [-0.2, -0.15) is 0 Å². The van der Waals surface area contributed by atoms with Crippen molar-refractivity contribution in [1.82, 2.24) is 15.1 Å². The first kappa shape index (κ1) is 27.6. The zero-order valence-electron chi connectivity index (χ0n) is 20.6. The van der Waals surface area contributed by atoms with Crippen LogP contribution in [0.3, 0.4) is 0 Å². The van der Waals surface area contributed by atoms with Crippen molar-refractivity contribution in [2.45, 2.75) is 51.7 Å². The van der Waals surface area contributed by atoms with Crippen molar-refractivity contribution in [2.24, 2.45) is 5.92 Å². The van der Waals surface area contributed by atoms with E-state index >= 15 is 0 Å². The molecule has 34 heavy (non-hydrogen) atoms. The van der Waals surface area contributed by atoms with Gasteiger partial charge in [0.25, 0.3) is 12.4 Å². The highest BCUT2D eigenvalue weighted by Gasteiger charge is 2.32. The predicted octanol–water partition coefficient (Wildman–Crippen LogP) is 1.93. The molecular formula is C25H39N3O6. The maximum Gasteiger partial charge on any atom is 0.290 e. The number of aryl methyl sites for hydroxylation is 1. The average Bonchev–Trinajstić information content (AvgIpc) is 3.00. The second-order valence-electron chi connectivity index (χ2n) is 8.95. The summed E-state index contributed by atoms with van der Waals surface area (Å²) in [6, 6.07) is 7.69. The van der Waals surface area contributed by atoms with Gasteiger partial charge >= 0.3 is 0 Å². The van der Waals surface area contributed by atoms with Crippen LogP contribution in [0.2, 0.25) is 0 Å². The summed E-state index contributed by atoms with van der Waals surface area (Å²) in [4.78, 5) is 38.0. The van der Waals surface area contributed by atoms with Gasteiger partial charge in [0.2, 0.25) is 5.91 Å². The van der Waals surface area contributed by atoms with E-state index in [0.717, 1.165) is 64.0 Å². The van der Waals surface area contributed by atoms with E-state index in [4.69, 9.17) is 19.4 Å². The summed E-state index contributed by atoms with van der Waals surface area (Å²) in [5.74, 6) is 0.801. The number of ether oxygens (including phenoxy) is 2. The first-order valence-electron chi connectivity index (χ1n) is 12.0. The zero-order chi connectivity index (χ0) is 24.9. The summed E-state index contributed by atoms with van der Waals surface area (Å²) in [5.41, 5.74) is 1.15. The molecule has 2 heterocycles. The normalized spacial score (nSPS) is 21.6. The molecule has 9 nitrogen and oxygen atoms in total. The summed E-state index contributed by atoms with van der Waals surface area (Å²) in [6.07, 6.45) is 3.71. The van der Waals surface area contributed by atoms with Gasteiger partial charge < -0.3 is 29.7 Å². The van der Waals surface area contributed by atoms with Crippen LogP contribution in [0.15, 0.2) is 24.3 Å². The number of carboxylic acid groups (broad SMARTS) is 1. The van der Waals surface area contributed by atoms with Crippen LogP contribution in [0.4, 0.5) is 0 Å². The van der Waals surface area contributed by atoms with Gasteiger partial charge in [0.1, 0.15) is 5.75 Å². The Kier molecular flexibility index (Phi) is 11.8. The third-order valence-corrected chi connectivity index (χ3v) is 6.19. The Morgan fingerprint density at radius 2 is 1.76 bits per heavy atom. The van der Waals surface area contributed by atoms with Gasteiger partial charge in [-0.05, 0) is 58.7 Å². The number of likely N-dealkylation sites (N-methyl/N-ethyl adjacent to an activating group) is 1. The fourth-order valence-electron chi connectivity index (χ4n) is 4.52. The molecule has 1 aromatic carbocycles. The van der Waals surface area contributed by atoms with Gasteiger partial charge in [0.15, 0.2) is 6.61 Å². The number of hydrogen-bond donors (Lipinski definition) is 2. The Balaban J connectivity index is 0.00000129. The van der Waals surface area contributed by atoms with Crippen LogP contribution in [0.1, 0.15) is 38.2 Å². The molecule has 2 amide bonds. The molecule has 2 aliphatic rings. The monoisotopic (exact) mass is 477 g/mol. The lowest BCUT2D eigenvalue weighted by atomic mass is 9.98. The number of rotatable bonds is 7. The number of piperidine rings is 1. The molecule has 190 valence electrons. The van der Waals surface area contributed by atoms with Crippen molar-refractivity contribution < 1.29 is 29.0 Å². The molecule has 0 aromatic heterocycles. The number of nitrogens with one attached hydrogen (secondary N) is 1. The summed E-state index contributed by atoms with van der Waals surface area (Å²) < 4.78 is 11.3. The molecule has 2 N–H and O–H groups in total. The van der Waals surface area contributed by atoms with E-state index in [1.165, 1.54) is 0 Å². The van der Waals surface area contributed by atoms with Crippen molar-refractivity contribution in [3.05, 3.63) is 29.8 Å². The molecule has 0 unspecified atom stereocenters. The molecule has 2 atom stereocenters. The van der Waals surface area contributed by atoms with Crippen LogP contribution in [-0.2, 0) is 19.1 Å². The molecule has 0 spiro atoms. The molecule has 2 saturated heterocycles. The number of benzene rings is 1. The van der Waals surface area contributed by atoms with Crippen LogP contribution in [0.25, 0.3) is 0 Å². The predicted molar refractivity (Wildman–Crippen MR) is 129 cm³/mol. The van der Waals surface area contributed by atoms with Crippen LogP contribution >= 0.6 is 0 Å². The summed E-state index contributed by atoms with van der Waals surface area (Å²) >= 11 is 0. The maximum absolute atomic E-state index is 13.1. The number of likely N-dealkylation sites (tertiary alicyclic amines) is 2. The van der Waals surface area contributed by atoms with E-state index in [0.29, 0.717) is 5.75 Å². The summed E-state index contributed by atoms with van der Waals surface area (Å²) in [7, 11) is 2.02. The number of amides is 2. The highest BCUT2D eigenvalue weighted by molar-refractivity contribution is 5.79. The zero-order valence-corrected chi connectivity index (χ0v) is 20.6. The molecule has 0 radical (unpaired) electrons. The Bertz CT molecular complexity index is 764. The van der Waals surface area contributed by atoms with Gasteiger partial charge in [-0.25, -0.2) is 0 Å². The van der Waals surface area contributed by atoms with Crippen molar-refractivity contribution in [1.29, 1.82) is 0 Å². The number of hydrogen-bond acceptors (Lipinski definition) is 6. The molecule has 0 aliphatic carbocycles. The van der Waals surface area contributed by atoms with Crippen LogP contribution in [-0.4, -0.2) is 91.8 Å². The average molecular weight is 478 g/mol.